The molecule has 0 spiro atoms. The van der Waals surface area contributed by atoms with Gasteiger partial charge in [0.05, 0.1) is 6.61 Å². The molecule has 1 heterocycles. The van der Waals surface area contributed by atoms with Crippen LogP contribution in [0.1, 0.15) is 20.3 Å². The van der Waals surface area contributed by atoms with Gasteiger partial charge in [0.25, 0.3) is 0 Å². The first kappa shape index (κ1) is 7.54. The van der Waals surface area contributed by atoms with Crippen molar-refractivity contribution >= 4 is 5.97 Å². The first-order valence-corrected chi connectivity index (χ1v) is 3.68. The standard InChI is InChI=1S/C7H13NO2/c1-3-4-10-7(9)6-5(2)8-6/h5-6,8H,3-4H2,1-2H3/t5-,6-/m1/s1. The van der Waals surface area contributed by atoms with Gasteiger partial charge < -0.3 is 4.74 Å². The topological polar surface area (TPSA) is 48.2 Å². The number of esters is 1. The lowest BCUT2D eigenvalue weighted by Gasteiger charge is -1.98. The van der Waals surface area contributed by atoms with Crippen molar-refractivity contribution in [3.63, 3.8) is 0 Å². The molecular formula is C7H13NO2. The Morgan fingerprint density at radius 2 is 2.30 bits per heavy atom. The van der Waals surface area contributed by atoms with Crippen LogP contribution in [0.3, 0.4) is 0 Å². The molecule has 0 aromatic rings. The van der Waals surface area contributed by atoms with E-state index in [0.717, 1.165) is 6.42 Å². The van der Waals surface area contributed by atoms with Gasteiger partial charge in [-0.1, -0.05) is 6.92 Å². The molecule has 0 radical (unpaired) electrons. The van der Waals surface area contributed by atoms with Crippen molar-refractivity contribution in [1.82, 2.24) is 5.32 Å². The Hall–Kier alpha value is -0.570. The molecule has 0 aliphatic carbocycles. The van der Waals surface area contributed by atoms with E-state index in [-0.39, 0.29) is 12.0 Å². The highest BCUT2D eigenvalue weighted by Gasteiger charge is 2.39. The number of carbonyl (C=O) groups excluding carboxylic acids is 1. The van der Waals surface area contributed by atoms with E-state index >= 15 is 0 Å². The maximum absolute atomic E-state index is 10.9. The molecule has 1 aliphatic heterocycles. The fraction of sp³-hybridized carbons (Fsp3) is 0.857. The van der Waals surface area contributed by atoms with Crippen LogP contribution in [0.15, 0.2) is 0 Å². The minimum atomic E-state index is -0.102. The summed E-state index contributed by atoms with van der Waals surface area (Å²) in [6.45, 7) is 4.50. The van der Waals surface area contributed by atoms with Crippen LogP contribution in [0.5, 0.6) is 0 Å². The van der Waals surface area contributed by atoms with Crippen LogP contribution in [-0.2, 0) is 9.53 Å². The van der Waals surface area contributed by atoms with Crippen LogP contribution in [0.4, 0.5) is 0 Å². The van der Waals surface area contributed by atoms with E-state index in [1.165, 1.54) is 0 Å². The van der Waals surface area contributed by atoms with Crippen molar-refractivity contribution in [2.75, 3.05) is 6.61 Å². The van der Waals surface area contributed by atoms with Crippen molar-refractivity contribution in [1.29, 1.82) is 0 Å². The van der Waals surface area contributed by atoms with Gasteiger partial charge in [-0.2, -0.15) is 0 Å². The molecule has 0 aromatic heterocycles. The van der Waals surface area contributed by atoms with E-state index in [4.69, 9.17) is 4.74 Å². The zero-order chi connectivity index (χ0) is 7.56. The molecule has 1 fully saturated rings. The minimum Gasteiger partial charge on any atom is -0.464 e. The van der Waals surface area contributed by atoms with Crippen LogP contribution in [0.2, 0.25) is 0 Å². The van der Waals surface area contributed by atoms with E-state index in [1.54, 1.807) is 0 Å². The number of rotatable bonds is 3. The number of hydrogen-bond acceptors (Lipinski definition) is 3. The molecule has 1 N–H and O–H groups in total. The highest BCUT2D eigenvalue weighted by Crippen LogP contribution is 2.10. The van der Waals surface area contributed by atoms with E-state index in [0.29, 0.717) is 12.6 Å². The number of ether oxygens (including phenoxy) is 1. The summed E-state index contributed by atoms with van der Waals surface area (Å²) >= 11 is 0. The second-order valence-electron chi connectivity index (χ2n) is 2.60. The first-order valence-electron chi connectivity index (χ1n) is 3.68. The van der Waals surface area contributed by atoms with Gasteiger partial charge in [-0.3, -0.25) is 10.1 Å². The van der Waals surface area contributed by atoms with Gasteiger partial charge >= 0.3 is 5.97 Å². The van der Waals surface area contributed by atoms with Gasteiger partial charge in [-0.15, -0.1) is 0 Å². The Morgan fingerprint density at radius 3 is 2.70 bits per heavy atom. The molecule has 1 aliphatic rings. The highest BCUT2D eigenvalue weighted by molar-refractivity contribution is 5.80. The molecule has 1 rings (SSSR count). The average Bonchev–Trinajstić information content (AvgIpc) is 2.62. The van der Waals surface area contributed by atoms with E-state index in [9.17, 15) is 4.79 Å². The third-order valence-electron chi connectivity index (χ3n) is 1.54. The van der Waals surface area contributed by atoms with Crippen molar-refractivity contribution in [3.05, 3.63) is 0 Å². The van der Waals surface area contributed by atoms with Crippen molar-refractivity contribution < 1.29 is 9.53 Å². The fourth-order valence-electron chi connectivity index (χ4n) is 0.792. The van der Waals surface area contributed by atoms with Crippen molar-refractivity contribution in [3.8, 4) is 0 Å². The largest absolute Gasteiger partial charge is 0.464 e. The molecule has 0 bridgehead atoms. The number of hydrogen-bond donors (Lipinski definition) is 1. The summed E-state index contributed by atoms with van der Waals surface area (Å²) in [5.41, 5.74) is 0. The maximum atomic E-state index is 10.9. The quantitative estimate of drug-likeness (QED) is 0.456. The maximum Gasteiger partial charge on any atom is 0.324 e. The van der Waals surface area contributed by atoms with Crippen molar-refractivity contribution in [2.45, 2.75) is 32.4 Å². The third-order valence-corrected chi connectivity index (χ3v) is 1.54. The summed E-state index contributed by atoms with van der Waals surface area (Å²) in [5, 5.41) is 2.97. The summed E-state index contributed by atoms with van der Waals surface area (Å²) in [6.07, 6.45) is 0.896. The lowest BCUT2D eigenvalue weighted by Crippen LogP contribution is -2.15. The summed E-state index contributed by atoms with van der Waals surface area (Å²) in [5.74, 6) is -0.102. The molecule has 3 heteroatoms. The van der Waals surface area contributed by atoms with Crippen LogP contribution in [-0.4, -0.2) is 24.7 Å². The zero-order valence-electron chi connectivity index (χ0n) is 6.39. The second-order valence-corrected chi connectivity index (χ2v) is 2.60. The molecule has 0 unspecified atom stereocenters. The molecule has 0 saturated carbocycles. The van der Waals surface area contributed by atoms with Crippen LogP contribution in [0.25, 0.3) is 0 Å². The number of carbonyl (C=O) groups is 1. The Morgan fingerprint density at radius 1 is 1.70 bits per heavy atom. The minimum absolute atomic E-state index is 0.0217. The normalized spacial score (nSPS) is 29.8. The number of nitrogens with one attached hydrogen (secondary N) is 1. The van der Waals surface area contributed by atoms with Crippen LogP contribution < -0.4 is 5.32 Å². The fourth-order valence-corrected chi connectivity index (χ4v) is 0.792. The SMILES string of the molecule is CCCOC(=O)[C@@H]1N[C@@H]1C. The highest BCUT2D eigenvalue weighted by atomic mass is 16.5. The summed E-state index contributed by atoms with van der Waals surface area (Å²) in [4.78, 5) is 10.9. The first-order chi connectivity index (χ1) is 4.75. The van der Waals surface area contributed by atoms with Gasteiger partial charge in [0.1, 0.15) is 6.04 Å². The van der Waals surface area contributed by atoms with Crippen LogP contribution >= 0.6 is 0 Å². The van der Waals surface area contributed by atoms with Gasteiger partial charge in [0.2, 0.25) is 0 Å². The monoisotopic (exact) mass is 143 g/mol. The molecule has 1 saturated heterocycles. The summed E-state index contributed by atoms with van der Waals surface area (Å²) in [6, 6.07) is 0.302. The molecular weight excluding hydrogens is 130 g/mol. The van der Waals surface area contributed by atoms with Crippen molar-refractivity contribution in [2.24, 2.45) is 0 Å². The molecule has 3 nitrogen and oxygen atoms in total. The Bertz CT molecular complexity index is 136. The van der Waals surface area contributed by atoms with Crippen LogP contribution in [0, 0.1) is 0 Å². The smallest absolute Gasteiger partial charge is 0.324 e. The predicted molar refractivity (Wildman–Crippen MR) is 37.6 cm³/mol. The van der Waals surface area contributed by atoms with E-state index < -0.39 is 0 Å². The molecule has 10 heavy (non-hydrogen) atoms. The Balaban J connectivity index is 2.11. The molecule has 58 valence electrons. The van der Waals surface area contributed by atoms with Gasteiger partial charge in [0.15, 0.2) is 0 Å². The van der Waals surface area contributed by atoms with Gasteiger partial charge in [-0.25, -0.2) is 0 Å². The molecule has 0 aromatic carbocycles. The zero-order valence-corrected chi connectivity index (χ0v) is 6.39. The van der Waals surface area contributed by atoms with E-state index in [1.807, 2.05) is 13.8 Å². The molecule has 0 amide bonds. The second kappa shape index (κ2) is 3.01. The Labute approximate surface area is 60.7 Å². The molecule has 2 atom stereocenters. The summed E-state index contributed by atoms with van der Waals surface area (Å²) < 4.78 is 4.88. The van der Waals surface area contributed by atoms with Gasteiger partial charge in [-0.05, 0) is 13.3 Å². The lowest BCUT2D eigenvalue weighted by atomic mass is 10.3. The summed E-state index contributed by atoms with van der Waals surface area (Å²) in [7, 11) is 0. The lowest BCUT2D eigenvalue weighted by molar-refractivity contribution is -0.143. The van der Waals surface area contributed by atoms with E-state index in [2.05, 4.69) is 5.32 Å². The Kier molecular flexibility index (Phi) is 2.27. The third kappa shape index (κ3) is 1.70. The van der Waals surface area contributed by atoms with Gasteiger partial charge in [0, 0.05) is 6.04 Å². The average molecular weight is 143 g/mol. The predicted octanol–water partition coefficient (Wildman–Crippen LogP) is 0.300.